The standard InChI is InChI=1S/C14H16N2O2S/c1-11-6-8-19-12(11)9-15(2)14(18)10-16-7-4-3-5-13(16)17/h3-8H,9-10H2,1-2H3. The highest BCUT2D eigenvalue weighted by Gasteiger charge is 2.12. The summed E-state index contributed by atoms with van der Waals surface area (Å²) in [6.45, 7) is 2.70. The topological polar surface area (TPSA) is 42.3 Å². The van der Waals surface area contributed by atoms with Crippen LogP contribution in [0.3, 0.4) is 0 Å². The van der Waals surface area contributed by atoms with Gasteiger partial charge in [-0.3, -0.25) is 9.59 Å². The predicted octanol–water partition coefficient (Wildman–Crippen LogP) is 1.88. The SMILES string of the molecule is Cc1ccsc1CN(C)C(=O)Cn1ccccc1=O. The van der Waals surface area contributed by atoms with Crippen molar-refractivity contribution >= 4 is 17.2 Å². The highest BCUT2D eigenvalue weighted by atomic mass is 32.1. The molecule has 0 saturated heterocycles. The Bertz CT molecular complexity index is 630. The third-order valence-corrected chi connectivity index (χ3v) is 3.99. The minimum absolute atomic E-state index is 0.0684. The molecule has 2 heterocycles. The van der Waals surface area contributed by atoms with Gasteiger partial charge in [0.2, 0.25) is 5.91 Å². The van der Waals surface area contributed by atoms with Gasteiger partial charge in [0, 0.05) is 24.2 Å². The van der Waals surface area contributed by atoms with Gasteiger partial charge >= 0.3 is 0 Å². The second-order valence-electron chi connectivity index (χ2n) is 4.44. The predicted molar refractivity (Wildman–Crippen MR) is 76.2 cm³/mol. The van der Waals surface area contributed by atoms with Crippen molar-refractivity contribution in [3.05, 3.63) is 56.6 Å². The summed E-state index contributed by atoms with van der Waals surface area (Å²) in [5, 5.41) is 2.02. The summed E-state index contributed by atoms with van der Waals surface area (Å²) in [7, 11) is 1.76. The Morgan fingerprint density at radius 3 is 2.79 bits per heavy atom. The third kappa shape index (κ3) is 3.32. The highest BCUT2D eigenvalue weighted by Crippen LogP contribution is 2.17. The fourth-order valence-electron chi connectivity index (χ4n) is 1.73. The van der Waals surface area contributed by atoms with E-state index in [9.17, 15) is 9.59 Å². The van der Waals surface area contributed by atoms with Crippen LogP contribution in [0.25, 0.3) is 0 Å². The van der Waals surface area contributed by atoms with Crippen LogP contribution in [-0.4, -0.2) is 22.4 Å². The number of pyridine rings is 1. The molecule has 2 aromatic rings. The van der Waals surface area contributed by atoms with Crippen LogP contribution < -0.4 is 5.56 Å². The summed E-state index contributed by atoms with van der Waals surface area (Å²) >= 11 is 1.64. The van der Waals surface area contributed by atoms with Crippen LogP contribution in [0.1, 0.15) is 10.4 Å². The second kappa shape index (κ2) is 5.84. The van der Waals surface area contributed by atoms with Gasteiger partial charge in [0.25, 0.3) is 5.56 Å². The first-order valence-corrected chi connectivity index (χ1v) is 6.88. The van der Waals surface area contributed by atoms with E-state index in [1.807, 2.05) is 18.4 Å². The minimum atomic E-state index is -0.156. The molecule has 0 spiro atoms. The van der Waals surface area contributed by atoms with Crippen LogP contribution in [0.2, 0.25) is 0 Å². The van der Waals surface area contributed by atoms with Gasteiger partial charge in [0.1, 0.15) is 6.54 Å². The average Bonchev–Trinajstić information content (AvgIpc) is 2.78. The number of likely N-dealkylation sites (N-methyl/N-ethyl adjacent to an activating group) is 1. The van der Waals surface area contributed by atoms with Gasteiger partial charge in [-0.1, -0.05) is 6.07 Å². The molecule has 0 radical (unpaired) electrons. The minimum Gasteiger partial charge on any atom is -0.339 e. The van der Waals surface area contributed by atoms with E-state index in [-0.39, 0.29) is 18.0 Å². The number of nitrogens with zero attached hydrogens (tertiary/aromatic N) is 2. The van der Waals surface area contributed by atoms with E-state index >= 15 is 0 Å². The maximum Gasteiger partial charge on any atom is 0.250 e. The number of hydrogen-bond donors (Lipinski definition) is 0. The molecule has 0 fully saturated rings. The van der Waals surface area contributed by atoms with Crippen molar-refractivity contribution in [3.8, 4) is 0 Å². The first-order valence-electron chi connectivity index (χ1n) is 6.00. The third-order valence-electron chi connectivity index (χ3n) is 2.98. The van der Waals surface area contributed by atoms with Crippen molar-refractivity contribution in [1.82, 2.24) is 9.47 Å². The number of aromatic nitrogens is 1. The van der Waals surface area contributed by atoms with Crippen molar-refractivity contribution in [2.24, 2.45) is 0 Å². The fraction of sp³-hybridized carbons (Fsp3) is 0.286. The van der Waals surface area contributed by atoms with Gasteiger partial charge in [0.15, 0.2) is 0 Å². The Morgan fingerprint density at radius 1 is 1.37 bits per heavy atom. The summed E-state index contributed by atoms with van der Waals surface area (Å²) in [5.41, 5.74) is 1.04. The lowest BCUT2D eigenvalue weighted by Gasteiger charge is -2.17. The Hall–Kier alpha value is -1.88. The molecule has 0 aliphatic carbocycles. The van der Waals surface area contributed by atoms with Crippen molar-refractivity contribution in [1.29, 1.82) is 0 Å². The normalized spacial score (nSPS) is 10.4. The van der Waals surface area contributed by atoms with Gasteiger partial charge in [-0.2, -0.15) is 0 Å². The summed E-state index contributed by atoms with van der Waals surface area (Å²) in [6, 6.07) is 6.91. The van der Waals surface area contributed by atoms with Crippen molar-refractivity contribution in [3.63, 3.8) is 0 Å². The Labute approximate surface area is 115 Å². The first kappa shape index (κ1) is 13.5. The zero-order valence-electron chi connectivity index (χ0n) is 11.0. The molecule has 0 atom stereocenters. The largest absolute Gasteiger partial charge is 0.339 e. The monoisotopic (exact) mass is 276 g/mol. The van der Waals surface area contributed by atoms with Crippen LogP contribution in [0.5, 0.6) is 0 Å². The molecular formula is C14H16N2O2S. The van der Waals surface area contributed by atoms with Gasteiger partial charge in [0.05, 0.1) is 6.54 Å². The van der Waals surface area contributed by atoms with Gasteiger partial charge < -0.3 is 9.47 Å². The van der Waals surface area contributed by atoms with E-state index in [4.69, 9.17) is 0 Å². The lowest BCUT2D eigenvalue weighted by atomic mass is 10.3. The Morgan fingerprint density at radius 2 is 2.16 bits per heavy atom. The van der Waals surface area contributed by atoms with E-state index in [0.717, 1.165) is 0 Å². The molecule has 0 saturated carbocycles. The van der Waals surface area contributed by atoms with Crippen LogP contribution in [0, 0.1) is 6.92 Å². The molecule has 0 N–H and O–H groups in total. The Balaban J connectivity index is 2.02. The summed E-state index contributed by atoms with van der Waals surface area (Å²) in [5.74, 6) is -0.0684. The number of carbonyl (C=O) groups excluding carboxylic acids is 1. The highest BCUT2D eigenvalue weighted by molar-refractivity contribution is 7.10. The van der Waals surface area contributed by atoms with E-state index in [1.165, 1.54) is 21.1 Å². The maximum atomic E-state index is 12.1. The lowest BCUT2D eigenvalue weighted by molar-refractivity contribution is -0.131. The van der Waals surface area contributed by atoms with Crippen molar-refractivity contribution in [2.45, 2.75) is 20.0 Å². The number of thiophene rings is 1. The molecule has 5 heteroatoms. The molecular weight excluding hydrogens is 260 g/mol. The molecule has 0 aliphatic heterocycles. The molecule has 1 amide bonds. The zero-order chi connectivity index (χ0) is 13.8. The molecule has 0 aliphatic rings. The van der Waals surface area contributed by atoms with Gasteiger partial charge in [-0.05, 0) is 30.0 Å². The molecule has 2 rings (SSSR count). The summed E-state index contributed by atoms with van der Waals surface area (Å²) in [4.78, 5) is 26.4. The molecule has 19 heavy (non-hydrogen) atoms. The zero-order valence-corrected chi connectivity index (χ0v) is 11.8. The lowest BCUT2D eigenvalue weighted by Crippen LogP contribution is -2.33. The van der Waals surface area contributed by atoms with Crippen molar-refractivity contribution in [2.75, 3.05) is 7.05 Å². The summed E-state index contributed by atoms with van der Waals surface area (Å²) in [6.07, 6.45) is 1.63. The number of carbonyl (C=O) groups is 1. The summed E-state index contributed by atoms with van der Waals surface area (Å²) < 4.78 is 1.42. The van der Waals surface area contributed by atoms with Gasteiger partial charge in [-0.15, -0.1) is 11.3 Å². The van der Waals surface area contributed by atoms with Crippen molar-refractivity contribution < 1.29 is 4.79 Å². The molecule has 100 valence electrons. The van der Waals surface area contributed by atoms with Gasteiger partial charge in [-0.25, -0.2) is 0 Å². The Kier molecular flexibility index (Phi) is 4.16. The van der Waals surface area contributed by atoms with E-state index in [1.54, 1.807) is 41.6 Å². The first-order chi connectivity index (χ1) is 9.08. The number of aryl methyl sites for hydroxylation is 1. The van der Waals surface area contributed by atoms with Crippen LogP contribution in [-0.2, 0) is 17.9 Å². The molecule has 2 aromatic heterocycles. The maximum absolute atomic E-state index is 12.1. The average molecular weight is 276 g/mol. The number of amides is 1. The van der Waals surface area contributed by atoms with Crippen LogP contribution in [0.15, 0.2) is 40.6 Å². The molecule has 0 unspecified atom stereocenters. The molecule has 0 aromatic carbocycles. The quantitative estimate of drug-likeness (QED) is 0.855. The second-order valence-corrected chi connectivity index (χ2v) is 5.44. The van der Waals surface area contributed by atoms with E-state index in [0.29, 0.717) is 6.54 Å². The molecule has 4 nitrogen and oxygen atoms in total. The number of hydrogen-bond acceptors (Lipinski definition) is 3. The fourth-order valence-corrected chi connectivity index (χ4v) is 2.69. The number of rotatable bonds is 4. The van der Waals surface area contributed by atoms with E-state index < -0.39 is 0 Å². The van der Waals surface area contributed by atoms with E-state index in [2.05, 4.69) is 0 Å². The van der Waals surface area contributed by atoms with Crippen LogP contribution >= 0.6 is 11.3 Å². The molecule has 0 bridgehead atoms. The smallest absolute Gasteiger partial charge is 0.250 e. The van der Waals surface area contributed by atoms with Crippen LogP contribution in [0.4, 0.5) is 0 Å².